The zero-order chi connectivity index (χ0) is 16.9. The zero-order valence-electron chi connectivity index (χ0n) is 13.8. The molecule has 0 radical (unpaired) electrons. The molecule has 1 saturated heterocycles. The molecule has 3 heterocycles. The third-order valence-corrected chi connectivity index (χ3v) is 3.99. The van der Waals surface area contributed by atoms with Crippen LogP contribution in [0.15, 0.2) is 12.1 Å². The van der Waals surface area contributed by atoms with Crippen LogP contribution >= 0.6 is 0 Å². The van der Waals surface area contributed by atoms with Crippen LogP contribution in [0.25, 0.3) is 0 Å². The van der Waals surface area contributed by atoms with Gasteiger partial charge in [-0.2, -0.15) is 15.1 Å². The van der Waals surface area contributed by atoms with Gasteiger partial charge in [-0.05, 0) is 37.3 Å². The summed E-state index contributed by atoms with van der Waals surface area (Å²) in [6.07, 6.45) is 3.04. The fourth-order valence-corrected chi connectivity index (χ4v) is 2.84. The number of nitrogen functional groups attached to an aromatic ring is 1. The van der Waals surface area contributed by atoms with Crippen LogP contribution < -0.4 is 20.1 Å². The standard InChI is InChI=1S/C15H21N7O2/c1-23-14-17-13(18-15(19-14)24-2)22-7-3-4-10(9-22)8-11-5-6-12(16)21-20-11/h5-6,10H,3-4,7-9H2,1-2H3,(H2,16,21). The Morgan fingerprint density at radius 2 is 1.88 bits per heavy atom. The Balaban J connectivity index is 1.72. The summed E-state index contributed by atoms with van der Waals surface area (Å²) >= 11 is 0. The number of aromatic nitrogens is 5. The first-order valence-electron chi connectivity index (χ1n) is 7.85. The summed E-state index contributed by atoms with van der Waals surface area (Å²) in [5.74, 6) is 1.46. The van der Waals surface area contributed by atoms with Crippen LogP contribution in [-0.2, 0) is 6.42 Å². The molecule has 0 aromatic carbocycles. The van der Waals surface area contributed by atoms with Crippen molar-refractivity contribution >= 4 is 11.8 Å². The summed E-state index contributed by atoms with van der Waals surface area (Å²) in [6, 6.07) is 4.22. The minimum Gasteiger partial charge on any atom is -0.467 e. The maximum atomic E-state index is 5.58. The molecule has 0 bridgehead atoms. The van der Waals surface area contributed by atoms with Crippen LogP contribution in [0.4, 0.5) is 11.8 Å². The van der Waals surface area contributed by atoms with Crippen molar-refractivity contribution < 1.29 is 9.47 Å². The summed E-state index contributed by atoms with van der Waals surface area (Å²) in [5.41, 5.74) is 6.53. The normalized spacial score (nSPS) is 17.6. The minimum atomic E-state index is 0.253. The molecule has 3 rings (SSSR count). The van der Waals surface area contributed by atoms with Crippen molar-refractivity contribution in [2.45, 2.75) is 19.3 Å². The summed E-state index contributed by atoms with van der Waals surface area (Å²) in [6.45, 7) is 1.72. The molecule has 0 saturated carbocycles. The molecule has 0 spiro atoms. The zero-order valence-corrected chi connectivity index (χ0v) is 13.8. The van der Waals surface area contributed by atoms with Gasteiger partial charge in [0.25, 0.3) is 0 Å². The van der Waals surface area contributed by atoms with E-state index in [2.05, 4.69) is 30.0 Å². The van der Waals surface area contributed by atoms with Gasteiger partial charge in [-0.15, -0.1) is 10.1 Å². The van der Waals surface area contributed by atoms with E-state index in [9.17, 15) is 0 Å². The molecule has 1 fully saturated rings. The van der Waals surface area contributed by atoms with Crippen molar-refractivity contribution in [1.29, 1.82) is 0 Å². The molecule has 2 aromatic rings. The van der Waals surface area contributed by atoms with E-state index in [0.29, 0.717) is 17.7 Å². The van der Waals surface area contributed by atoms with Gasteiger partial charge in [-0.3, -0.25) is 0 Å². The van der Waals surface area contributed by atoms with E-state index in [0.717, 1.165) is 38.0 Å². The lowest BCUT2D eigenvalue weighted by Gasteiger charge is -2.32. The van der Waals surface area contributed by atoms with Crippen LogP contribution in [-0.4, -0.2) is 52.5 Å². The quantitative estimate of drug-likeness (QED) is 0.846. The maximum absolute atomic E-state index is 5.58. The molecular formula is C15H21N7O2. The molecule has 0 amide bonds. The molecule has 1 atom stereocenters. The second-order valence-corrected chi connectivity index (χ2v) is 5.72. The lowest BCUT2D eigenvalue weighted by Crippen LogP contribution is -2.37. The molecule has 24 heavy (non-hydrogen) atoms. The van der Waals surface area contributed by atoms with Crippen molar-refractivity contribution in [3.05, 3.63) is 17.8 Å². The number of rotatable bonds is 5. The Bertz CT molecular complexity index is 658. The molecule has 128 valence electrons. The Morgan fingerprint density at radius 3 is 2.50 bits per heavy atom. The largest absolute Gasteiger partial charge is 0.467 e. The van der Waals surface area contributed by atoms with E-state index in [4.69, 9.17) is 15.2 Å². The Kier molecular flexibility index (Phi) is 4.88. The molecule has 1 aliphatic rings. The Morgan fingerprint density at radius 1 is 1.12 bits per heavy atom. The molecule has 9 heteroatoms. The SMILES string of the molecule is COc1nc(OC)nc(N2CCCC(Cc3ccc(N)nn3)C2)n1. The second kappa shape index (κ2) is 7.24. The molecule has 1 aliphatic heterocycles. The molecule has 0 aliphatic carbocycles. The highest BCUT2D eigenvalue weighted by Crippen LogP contribution is 2.24. The van der Waals surface area contributed by atoms with Crippen molar-refractivity contribution in [2.24, 2.45) is 5.92 Å². The lowest BCUT2D eigenvalue weighted by molar-refractivity contribution is 0.336. The average Bonchev–Trinajstić information content (AvgIpc) is 2.63. The summed E-state index contributed by atoms with van der Waals surface area (Å²) in [4.78, 5) is 14.8. The van der Waals surface area contributed by atoms with Gasteiger partial charge in [0.05, 0.1) is 19.9 Å². The smallest absolute Gasteiger partial charge is 0.324 e. The molecule has 1 unspecified atom stereocenters. The van der Waals surface area contributed by atoms with Gasteiger partial charge in [-0.1, -0.05) is 0 Å². The fraction of sp³-hybridized carbons (Fsp3) is 0.533. The number of piperidine rings is 1. The van der Waals surface area contributed by atoms with E-state index >= 15 is 0 Å². The highest BCUT2D eigenvalue weighted by molar-refractivity contribution is 5.33. The van der Waals surface area contributed by atoms with Gasteiger partial charge in [0.1, 0.15) is 5.82 Å². The highest BCUT2D eigenvalue weighted by atomic mass is 16.5. The van der Waals surface area contributed by atoms with E-state index < -0.39 is 0 Å². The van der Waals surface area contributed by atoms with Gasteiger partial charge >= 0.3 is 12.0 Å². The van der Waals surface area contributed by atoms with Gasteiger partial charge in [0, 0.05) is 13.1 Å². The van der Waals surface area contributed by atoms with Gasteiger partial charge in [-0.25, -0.2) is 0 Å². The van der Waals surface area contributed by atoms with Crippen molar-refractivity contribution in [1.82, 2.24) is 25.1 Å². The first kappa shape index (κ1) is 16.2. The molecule has 2 aromatic heterocycles. The number of nitrogens with zero attached hydrogens (tertiary/aromatic N) is 6. The number of methoxy groups -OCH3 is 2. The van der Waals surface area contributed by atoms with E-state index in [1.807, 2.05) is 6.07 Å². The van der Waals surface area contributed by atoms with Crippen molar-refractivity contribution in [3.8, 4) is 12.0 Å². The second-order valence-electron chi connectivity index (χ2n) is 5.72. The minimum absolute atomic E-state index is 0.253. The molecule has 2 N–H and O–H groups in total. The van der Waals surface area contributed by atoms with E-state index in [1.165, 1.54) is 14.2 Å². The maximum Gasteiger partial charge on any atom is 0.324 e. The number of ether oxygens (including phenoxy) is 2. The highest BCUT2D eigenvalue weighted by Gasteiger charge is 2.24. The van der Waals surface area contributed by atoms with Crippen LogP contribution in [0.2, 0.25) is 0 Å². The average molecular weight is 331 g/mol. The van der Waals surface area contributed by atoms with Crippen LogP contribution in [0.1, 0.15) is 18.5 Å². The third kappa shape index (κ3) is 3.79. The van der Waals surface area contributed by atoms with Gasteiger partial charge in [0.15, 0.2) is 0 Å². The first-order valence-corrected chi connectivity index (χ1v) is 7.85. The van der Waals surface area contributed by atoms with Crippen LogP contribution in [0.3, 0.4) is 0 Å². The summed E-state index contributed by atoms with van der Waals surface area (Å²) in [7, 11) is 3.05. The summed E-state index contributed by atoms with van der Waals surface area (Å²) in [5, 5.41) is 8.07. The van der Waals surface area contributed by atoms with Crippen LogP contribution in [0.5, 0.6) is 12.0 Å². The Hall–Kier alpha value is -2.71. The number of hydrogen-bond donors (Lipinski definition) is 1. The lowest BCUT2D eigenvalue weighted by atomic mass is 9.93. The fourth-order valence-electron chi connectivity index (χ4n) is 2.84. The number of hydrogen-bond acceptors (Lipinski definition) is 9. The van der Waals surface area contributed by atoms with Gasteiger partial charge < -0.3 is 20.1 Å². The third-order valence-electron chi connectivity index (χ3n) is 3.99. The molecular weight excluding hydrogens is 310 g/mol. The van der Waals surface area contributed by atoms with E-state index in [-0.39, 0.29) is 12.0 Å². The van der Waals surface area contributed by atoms with Crippen LogP contribution in [0, 0.1) is 5.92 Å². The number of anilines is 2. The monoisotopic (exact) mass is 331 g/mol. The van der Waals surface area contributed by atoms with Crippen molar-refractivity contribution in [3.63, 3.8) is 0 Å². The van der Waals surface area contributed by atoms with Crippen molar-refractivity contribution in [2.75, 3.05) is 37.9 Å². The predicted octanol–water partition coefficient (Wildman–Crippen LogP) is 0.720. The van der Waals surface area contributed by atoms with Gasteiger partial charge in [0.2, 0.25) is 5.95 Å². The molecule has 9 nitrogen and oxygen atoms in total. The van der Waals surface area contributed by atoms with E-state index in [1.54, 1.807) is 6.07 Å². The first-order chi connectivity index (χ1) is 11.7. The Labute approximate surface area is 140 Å². The topological polar surface area (TPSA) is 112 Å². The summed E-state index contributed by atoms with van der Waals surface area (Å²) < 4.78 is 10.2. The number of nitrogens with two attached hydrogens (primary N) is 1. The predicted molar refractivity (Wildman–Crippen MR) is 88.0 cm³/mol.